The molecule has 1 fully saturated rings. The summed E-state index contributed by atoms with van der Waals surface area (Å²) in [5, 5.41) is 14.8. The van der Waals surface area contributed by atoms with Crippen molar-refractivity contribution in [3.8, 4) is 11.1 Å². The number of carbonyl (C=O) groups is 1. The van der Waals surface area contributed by atoms with Crippen LogP contribution in [0.3, 0.4) is 0 Å². The summed E-state index contributed by atoms with van der Waals surface area (Å²) in [6.07, 6.45) is 7.35. The second-order valence-corrected chi connectivity index (χ2v) is 9.62. The van der Waals surface area contributed by atoms with Crippen LogP contribution in [0.1, 0.15) is 10.4 Å². The summed E-state index contributed by atoms with van der Waals surface area (Å²) < 4.78 is 9.08. The van der Waals surface area contributed by atoms with Crippen molar-refractivity contribution in [1.29, 1.82) is 0 Å². The van der Waals surface area contributed by atoms with Gasteiger partial charge in [-0.05, 0) is 42.1 Å². The van der Waals surface area contributed by atoms with Crippen LogP contribution in [0.2, 0.25) is 5.02 Å². The highest BCUT2D eigenvalue weighted by Crippen LogP contribution is 2.33. The first kappa shape index (κ1) is 22.0. The number of benzene rings is 1. The predicted octanol–water partition coefficient (Wildman–Crippen LogP) is 3.96. The van der Waals surface area contributed by atoms with Crippen LogP contribution in [0, 0.1) is 0 Å². The zero-order valence-corrected chi connectivity index (χ0v) is 20.3. The van der Waals surface area contributed by atoms with Crippen LogP contribution < -0.4 is 0 Å². The van der Waals surface area contributed by atoms with Crippen LogP contribution >= 0.6 is 23.4 Å². The van der Waals surface area contributed by atoms with Crippen molar-refractivity contribution in [2.24, 2.45) is 7.05 Å². The zero-order valence-electron chi connectivity index (χ0n) is 18.8. The van der Waals surface area contributed by atoms with Crippen molar-refractivity contribution in [2.45, 2.75) is 10.1 Å². The molecule has 1 aliphatic heterocycles. The lowest BCUT2D eigenvalue weighted by Gasteiger charge is -2.27. The van der Waals surface area contributed by atoms with E-state index in [1.54, 1.807) is 15.8 Å². The number of pyridine rings is 2. The van der Waals surface area contributed by atoms with Crippen molar-refractivity contribution < 1.29 is 9.53 Å². The van der Waals surface area contributed by atoms with E-state index in [9.17, 15) is 4.79 Å². The van der Waals surface area contributed by atoms with Crippen molar-refractivity contribution in [3.05, 3.63) is 65.7 Å². The number of rotatable bonds is 4. The van der Waals surface area contributed by atoms with Crippen LogP contribution in [-0.2, 0) is 11.8 Å². The molecule has 1 aromatic carbocycles. The molecular weight excluding hydrogens is 486 g/mol. The average molecular weight is 506 g/mol. The fourth-order valence-corrected chi connectivity index (χ4v) is 5.21. The highest BCUT2D eigenvalue weighted by molar-refractivity contribution is 7.99. The molecule has 0 aliphatic carbocycles. The van der Waals surface area contributed by atoms with Crippen molar-refractivity contribution in [3.63, 3.8) is 0 Å². The molecule has 0 saturated carbocycles. The molecule has 5 aromatic rings. The van der Waals surface area contributed by atoms with Gasteiger partial charge in [0.15, 0.2) is 10.8 Å². The number of carbonyl (C=O) groups excluding carboxylic acids is 1. The van der Waals surface area contributed by atoms with Gasteiger partial charge in [-0.3, -0.25) is 18.9 Å². The quantitative estimate of drug-likeness (QED) is 0.365. The molecule has 11 heteroatoms. The number of aromatic nitrogens is 6. The van der Waals surface area contributed by atoms with Gasteiger partial charge < -0.3 is 9.64 Å². The lowest BCUT2D eigenvalue weighted by molar-refractivity contribution is 0.0303. The smallest absolute Gasteiger partial charge is 0.257 e. The Morgan fingerprint density at radius 1 is 1.06 bits per heavy atom. The van der Waals surface area contributed by atoms with E-state index in [0.717, 1.165) is 37.7 Å². The normalized spacial score (nSPS) is 14.2. The van der Waals surface area contributed by atoms with Gasteiger partial charge in [-0.15, -0.1) is 10.2 Å². The number of hydrogen-bond acceptors (Lipinski definition) is 7. The number of fused-ring (bicyclic) bond motifs is 2. The third-order valence-corrected chi connectivity index (χ3v) is 7.28. The lowest BCUT2D eigenvalue weighted by Crippen LogP contribution is -2.40. The fourth-order valence-electron chi connectivity index (χ4n) is 4.07. The summed E-state index contributed by atoms with van der Waals surface area (Å²) in [6.45, 7) is 2.15. The molecule has 0 spiro atoms. The van der Waals surface area contributed by atoms with E-state index < -0.39 is 0 Å². The predicted molar refractivity (Wildman–Crippen MR) is 133 cm³/mol. The molecule has 0 radical (unpaired) electrons. The van der Waals surface area contributed by atoms with Gasteiger partial charge in [0.1, 0.15) is 0 Å². The highest BCUT2D eigenvalue weighted by atomic mass is 35.5. The fraction of sp³-hybridized carbons (Fsp3) is 0.208. The highest BCUT2D eigenvalue weighted by Gasteiger charge is 2.22. The monoisotopic (exact) mass is 505 g/mol. The molecule has 0 N–H and O–H groups in total. The second kappa shape index (κ2) is 8.95. The molecule has 0 bridgehead atoms. The van der Waals surface area contributed by atoms with Gasteiger partial charge in [0.25, 0.3) is 5.91 Å². The van der Waals surface area contributed by atoms with E-state index in [-0.39, 0.29) is 5.91 Å². The van der Waals surface area contributed by atoms with Crippen LogP contribution in [-0.4, -0.2) is 66.5 Å². The minimum absolute atomic E-state index is 0.128. The number of halogens is 1. The number of nitrogens with zero attached hydrogens (tertiary/aromatic N) is 7. The molecule has 176 valence electrons. The van der Waals surface area contributed by atoms with E-state index in [2.05, 4.69) is 20.3 Å². The molecule has 1 saturated heterocycles. The Kier molecular flexibility index (Phi) is 5.63. The minimum atomic E-state index is -0.128. The SMILES string of the molecule is Cn1cc(-c2ccc3nnc(Sc4ccc5ncc(C(=O)N6CCOCC6)c(Cl)c5c4)n3c2)cn1. The largest absolute Gasteiger partial charge is 0.378 e. The Hall–Kier alpha value is -3.47. The van der Waals surface area contributed by atoms with Crippen LogP contribution in [0.5, 0.6) is 0 Å². The Morgan fingerprint density at radius 2 is 1.91 bits per heavy atom. The number of aryl methyl sites for hydroxylation is 1. The Labute approximate surface area is 209 Å². The maximum atomic E-state index is 13.0. The van der Waals surface area contributed by atoms with Crippen LogP contribution in [0.15, 0.2) is 65.2 Å². The summed E-state index contributed by atoms with van der Waals surface area (Å²) in [6, 6.07) is 9.74. The molecule has 6 rings (SSSR count). The standard InChI is InChI=1S/C24H20ClN7O2S/c1-30-13-16(11-27-30)15-2-5-21-28-29-24(32(21)14-15)35-17-3-4-20-18(10-17)22(25)19(12-26-20)23(33)31-6-8-34-9-7-31/h2-5,10-14H,6-9H2,1H3. The number of ether oxygens (including phenoxy) is 1. The van der Waals surface area contributed by atoms with Gasteiger partial charge in [-0.2, -0.15) is 5.10 Å². The minimum Gasteiger partial charge on any atom is -0.378 e. The Bertz CT molecular complexity index is 1580. The second-order valence-electron chi connectivity index (χ2n) is 8.20. The number of morpholine rings is 1. The van der Waals surface area contributed by atoms with Crippen molar-refractivity contribution in [1.82, 2.24) is 34.3 Å². The lowest BCUT2D eigenvalue weighted by atomic mass is 10.1. The molecule has 0 atom stereocenters. The van der Waals surface area contributed by atoms with E-state index >= 15 is 0 Å². The van der Waals surface area contributed by atoms with E-state index in [1.165, 1.54) is 11.8 Å². The molecule has 1 amide bonds. The van der Waals surface area contributed by atoms with E-state index in [0.29, 0.717) is 36.9 Å². The Morgan fingerprint density at radius 3 is 2.71 bits per heavy atom. The maximum Gasteiger partial charge on any atom is 0.257 e. The molecule has 5 heterocycles. The van der Waals surface area contributed by atoms with Gasteiger partial charge in [-0.25, -0.2) is 0 Å². The van der Waals surface area contributed by atoms with Crippen LogP contribution in [0.4, 0.5) is 0 Å². The van der Waals surface area contributed by atoms with Crippen molar-refractivity contribution >= 4 is 45.8 Å². The molecule has 0 unspecified atom stereocenters. The van der Waals surface area contributed by atoms with E-state index in [1.807, 2.05) is 60.4 Å². The van der Waals surface area contributed by atoms with E-state index in [4.69, 9.17) is 16.3 Å². The Balaban J connectivity index is 1.34. The average Bonchev–Trinajstić information content (AvgIpc) is 3.50. The zero-order chi connectivity index (χ0) is 23.9. The maximum absolute atomic E-state index is 13.0. The van der Waals surface area contributed by atoms with Gasteiger partial charge in [0.05, 0.1) is 35.5 Å². The first-order valence-corrected chi connectivity index (χ1v) is 12.2. The molecule has 4 aromatic heterocycles. The summed E-state index contributed by atoms with van der Waals surface area (Å²) in [4.78, 5) is 20.2. The summed E-state index contributed by atoms with van der Waals surface area (Å²) in [5.41, 5.74) is 3.91. The number of amides is 1. The van der Waals surface area contributed by atoms with Gasteiger partial charge in [-0.1, -0.05) is 11.6 Å². The third kappa shape index (κ3) is 4.13. The summed E-state index contributed by atoms with van der Waals surface area (Å²) >= 11 is 8.20. The van der Waals surface area contributed by atoms with Gasteiger partial charge in [0, 0.05) is 60.1 Å². The third-order valence-electron chi connectivity index (χ3n) is 5.92. The first-order chi connectivity index (χ1) is 17.1. The number of hydrogen-bond donors (Lipinski definition) is 0. The molecular formula is C24H20ClN7O2S. The molecule has 9 nitrogen and oxygen atoms in total. The topological polar surface area (TPSA) is 90.4 Å². The van der Waals surface area contributed by atoms with Gasteiger partial charge in [0.2, 0.25) is 0 Å². The molecule has 1 aliphatic rings. The van der Waals surface area contributed by atoms with Crippen molar-refractivity contribution in [2.75, 3.05) is 26.3 Å². The van der Waals surface area contributed by atoms with Crippen LogP contribution in [0.25, 0.3) is 27.7 Å². The van der Waals surface area contributed by atoms with Gasteiger partial charge >= 0.3 is 0 Å². The molecule has 35 heavy (non-hydrogen) atoms. The summed E-state index contributed by atoms with van der Waals surface area (Å²) in [7, 11) is 1.89. The first-order valence-electron chi connectivity index (χ1n) is 11.0. The summed E-state index contributed by atoms with van der Waals surface area (Å²) in [5.74, 6) is -0.128.